The van der Waals surface area contributed by atoms with E-state index in [1.54, 1.807) is 0 Å². The Morgan fingerprint density at radius 1 is 1.08 bits per heavy atom. The maximum atomic E-state index is 13.2. The van der Waals surface area contributed by atoms with Crippen LogP contribution in [0.4, 0.5) is 20.2 Å². The van der Waals surface area contributed by atoms with Gasteiger partial charge in [-0.2, -0.15) is 0 Å². The van der Waals surface area contributed by atoms with Crippen molar-refractivity contribution in [2.45, 2.75) is 6.92 Å². The molecule has 4 nitrogen and oxygen atoms in total. The van der Waals surface area contributed by atoms with Crippen molar-refractivity contribution in [3.63, 3.8) is 0 Å². The largest absolute Gasteiger partial charge is 0.324 e. The third-order valence-electron chi connectivity index (χ3n) is 3.09. The second kappa shape index (κ2) is 7.59. The van der Waals surface area contributed by atoms with Gasteiger partial charge in [0.15, 0.2) is 11.6 Å². The molecule has 0 atom stereocenters. The number of rotatable bonds is 4. The number of amides is 2. The molecule has 1 N–H and O–H groups in total. The fraction of sp³-hybridized carbons (Fsp3) is 0.125. The van der Waals surface area contributed by atoms with Crippen molar-refractivity contribution in [3.05, 3.63) is 58.1 Å². The molecule has 0 spiro atoms. The van der Waals surface area contributed by atoms with Crippen molar-refractivity contribution >= 4 is 46.4 Å². The average Bonchev–Trinajstić information content (AvgIpc) is 2.49. The van der Waals surface area contributed by atoms with E-state index in [1.807, 2.05) is 0 Å². The number of hydrogen-bond acceptors (Lipinski definition) is 2. The fourth-order valence-electron chi connectivity index (χ4n) is 1.98. The zero-order valence-corrected chi connectivity index (χ0v) is 14.0. The van der Waals surface area contributed by atoms with Crippen molar-refractivity contribution in [3.8, 4) is 0 Å². The van der Waals surface area contributed by atoms with E-state index in [0.29, 0.717) is 10.7 Å². The van der Waals surface area contributed by atoms with Crippen LogP contribution in [0, 0.1) is 11.6 Å². The summed E-state index contributed by atoms with van der Waals surface area (Å²) in [6, 6.07) is 7.44. The maximum Gasteiger partial charge on any atom is 0.244 e. The fourth-order valence-corrected chi connectivity index (χ4v) is 2.49. The molecular formula is C16H12Cl2F2N2O2. The van der Waals surface area contributed by atoms with Crippen LogP contribution < -0.4 is 10.2 Å². The summed E-state index contributed by atoms with van der Waals surface area (Å²) >= 11 is 11.9. The third kappa shape index (κ3) is 4.43. The van der Waals surface area contributed by atoms with Gasteiger partial charge in [-0.1, -0.05) is 23.2 Å². The van der Waals surface area contributed by atoms with Gasteiger partial charge in [-0.05, 0) is 30.3 Å². The van der Waals surface area contributed by atoms with Crippen LogP contribution in [0.1, 0.15) is 6.92 Å². The number of hydrogen-bond donors (Lipinski definition) is 1. The van der Waals surface area contributed by atoms with Crippen LogP contribution in [0.2, 0.25) is 10.0 Å². The van der Waals surface area contributed by atoms with E-state index >= 15 is 0 Å². The second-order valence-corrected chi connectivity index (χ2v) is 5.72. The molecule has 0 saturated carbocycles. The summed E-state index contributed by atoms with van der Waals surface area (Å²) in [5.41, 5.74) is 0.388. The first kappa shape index (κ1) is 18.2. The van der Waals surface area contributed by atoms with Crippen LogP contribution in [-0.2, 0) is 9.59 Å². The quantitative estimate of drug-likeness (QED) is 0.871. The molecule has 0 radical (unpaired) electrons. The number of halogens is 4. The Hall–Kier alpha value is -2.18. The highest BCUT2D eigenvalue weighted by Crippen LogP contribution is 2.29. The summed E-state index contributed by atoms with van der Waals surface area (Å²) in [4.78, 5) is 25.0. The van der Waals surface area contributed by atoms with Gasteiger partial charge in [-0.3, -0.25) is 9.59 Å². The molecule has 126 valence electrons. The van der Waals surface area contributed by atoms with E-state index in [1.165, 1.54) is 31.2 Å². The summed E-state index contributed by atoms with van der Waals surface area (Å²) in [6.45, 7) is 0.922. The van der Waals surface area contributed by atoms with E-state index in [9.17, 15) is 18.4 Å². The summed E-state index contributed by atoms with van der Waals surface area (Å²) in [7, 11) is 0. The van der Waals surface area contributed by atoms with E-state index in [2.05, 4.69) is 5.32 Å². The standard InChI is InChI=1S/C16H12Cl2F2N2O2/c1-9(23)22(15-5-2-10(17)6-12(15)18)8-16(24)21-11-3-4-13(19)14(20)7-11/h2-7H,8H2,1H3,(H,21,24). The van der Waals surface area contributed by atoms with Crippen molar-refractivity contribution in [2.24, 2.45) is 0 Å². The lowest BCUT2D eigenvalue weighted by Crippen LogP contribution is -2.36. The van der Waals surface area contributed by atoms with E-state index in [0.717, 1.165) is 17.0 Å². The topological polar surface area (TPSA) is 49.4 Å². The Balaban J connectivity index is 2.16. The number of anilines is 2. The lowest BCUT2D eigenvalue weighted by atomic mass is 10.2. The molecular weight excluding hydrogens is 361 g/mol. The predicted molar refractivity (Wildman–Crippen MR) is 89.5 cm³/mol. The summed E-state index contributed by atoms with van der Waals surface area (Å²) < 4.78 is 26.0. The Morgan fingerprint density at radius 3 is 2.38 bits per heavy atom. The number of carbonyl (C=O) groups excluding carboxylic acids is 2. The maximum absolute atomic E-state index is 13.2. The SMILES string of the molecule is CC(=O)N(CC(=O)Nc1ccc(F)c(F)c1)c1ccc(Cl)cc1Cl. The number of carbonyl (C=O) groups is 2. The van der Waals surface area contributed by atoms with Gasteiger partial charge in [0, 0.05) is 23.7 Å². The summed E-state index contributed by atoms with van der Waals surface area (Å²) in [6.07, 6.45) is 0. The van der Waals surface area contributed by atoms with Crippen LogP contribution in [-0.4, -0.2) is 18.4 Å². The molecule has 0 aromatic heterocycles. The van der Waals surface area contributed by atoms with Gasteiger partial charge >= 0.3 is 0 Å². The van der Waals surface area contributed by atoms with Gasteiger partial charge in [0.2, 0.25) is 11.8 Å². The molecule has 2 aromatic rings. The molecule has 2 rings (SSSR count). The Morgan fingerprint density at radius 2 is 1.79 bits per heavy atom. The number of benzene rings is 2. The molecule has 24 heavy (non-hydrogen) atoms. The average molecular weight is 373 g/mol. The Labute approximate surface area is 147 Å². The van der Waals surface area contributed by atoms with E-state index in [-0.39, 0.29) is 17.3 Å². The first-order valence-corrected chi connectivity index (χ1v) is 7.51. The highest BCUT2D eigenvalue weighted by Gasteiger charge is 2.19. The Bertz CT molecular complexity index is 800. The zero-order chi connectivity index (χ0) is 17.9. The van der Waals surface area contributed by atoms with Crippen LogP contribution in [0.15, 0.2) is 36.4 Å². The van der Waals surface area contributed by atoms with Crippen LogP contribution in [0.3, 0.4) is 0 Å². The first-order valence-electron chi connectivity index (χ1n) is 6.76. The van der Waals surface area contributed by atoms with Crippen LogP contribution in [0.25, 0.3) is 0 Å². The van der Waals surface area contributed by atoms with Crippen LogP contribution in [0.5, 0.6) is 0 Å². The molecule has 0 aliphatic rings. The molecule has 0 heterocycles. The Kier molecular flexibility index (Phi) is 5.75. The molecule has 0 bridgehead atoms. The van der Waals surface area contributed by atoms with Crippen molar-refractivity contribution < 1.29 is 18.4 Å². The lowest BCUT2D eigenvalue weighted by molar-refractivity contribution is -0.120. The van der Waals surface area contributed by atoms with Crippen LogP contribution >= 0.6 is 23.2 Å². The zero-order valence-electron chi connectivity index (χ0n) is 12.4. The molecule has 0 aliphatic heterocycles. The normalized spacial score (nSPS) is 10.4. The van der Waals surface area contributed by atoms with Crippen molar-refractivity contribution in [1.82, 2.24) is 0 Å². The molecule has 0 fully saturated rings. The highest BCUT2D eigenvalue weighted by molar-refractivity contribution is 6.36. The van der Waals surface area contributed by atoms with Gasteiger partial charge in [0.1, 0.15) is 6.54 Å². The minimum atomic E-state index is -1.09. The molecule has 8 heteroatoms. The summed E-state index contributed by atoms with van der Waals surface area (Å²) in [5.74, 6) is -3.12. The minimum Gasteiger partial charge on any atom is -0.324 e. The molecule has 2 amide bonds. The minimum absolute atomic E-state index is 0.0737. The smallest absolute Gasteiger partial charge is 0.244 e. The van der Waals surface area contributed by atoms with Crippen molar-refractivity contribution in [1.29, 1.82) is 0 Å². The number of nitrogens with zero attached hydrogens (tertiary/aromatic N) is 1. The van der Waals surface area contributed by atoms with Gasteiger partial charge in [-0.15, -0.1) is 0 Å². The number of nitrogens with one attached hydrogen (secondary N) is 1. The summed E-state index contributed by atoms with van der Waals surface area (Å²) in [5, 5.41) is 2.98. The highest BCUT2D eigenvalue weighted by atomic mass is 35.5. The van der Waals surface area contributed by atoms with Gasteiger partial charge < -0.3 is 10.2 Å². The van der Waals surface area contributed by atoms with Gasteiger partial charge in [0.05, 0.1) is 10.7 Å². The molecule has 2 aromatic carbocycles. The van der Waals surface area contributed by atoms with Gasteiger partial charge in [0.25, 0.3) is 0 Å². The second-order valence-electron chi connectivity index (χ2n) is 4.88. The third-order valence-corrected chi connectivity index (χ3v) is 3.62. The molecule has 0 saturated heterocycles. The molecule has 0 aliphatic carbocycles. The lowest BCUT2D eigenvalue weighted by Gasteiger charge is -2.22. The van der Waals surface area contributed by atoms with Gasteiger partial charge in [-0.25, -0.2) is 8.78 Å². The predicted octanol–water partition coefficient (Wildman–Crippen LogP) is 4.26. The first-order chi connectivity index (χ1) is 11.3. The van der Waals surface area contributed by atoms with E-state index in [4.69, 9.17) is 23.2 Å². The monoisotopic (exact) mass is 372 g/mol. The molecule has 0 unspecified atom stereocenters. The van der Waals surface area contributed by atoms with E-state index < -0.39 is 23.4 Å². The van der Waals surface area contributed by atoms with Crippen molar-refractivity contribution in [2.75, 3.05) is 16.8 Å².